The molecule has 5 heteroatoms. The van der Waals surface area contributed by atoms with Gasteiger partial charge in [0.25, 0.3) is 0 Å². The lowest BCUT2D eigenvalue weighted by Gasteiger charge is -2.25. The van der Waals surface area contributed by atoms with Gasteiger partial charge in [-0.2, -0.15) is 5.01 Å². The molecule has 0 saturated carbocycles. The van der Waals surface area contributed by atoms with Gasteiger partial charge in [0.05, 0.1) is 0 Å². The molecule has 1 amide bonds. The summed E-state index contributed by atoms with van der Waals surface area (Å²) in [6.07, 6.45) is 8.16. The van der Waals surface area contributed by atoms with Crippen molar-refractivity contribution >= 4 is 6.09 Å². The lowest BCUT2D eigenvalue weighted by atomic mass is 10.2. The Labute approximate surface area is 95.2 Å². The van der Waals surface area contributed by atoms with Gasteiger partial charge in [-0.15, -0.1) is 0 Å². The molecular weight excluding hydrogens is 206 g/mol. The highest BCUT2D eigenvalue weighted by Gasteiger charge is 2.22. The number of carbonyl (C=O) groups excluding carboxylic acids is 1. The lowest BCUT2D eigenvalue weighted by molar-refractivity contribution is 0.0303. The fraction of sp³-hybridized carbons (Fsp3) is 0.364. The van der Waals surface area contributed by atoms with Crippen LogP contribution in [0.15, 0.2) is 36.3 Å². The molecule has 0 unspecified atom stereocenters. The molecule has 5 nitrogen and oxygen atoms in total. The molecule has 1 rings (SSSR count). The Balaban J connectivity index is 2.67. The third kappa shape index (κ3) is 3.78. The quantitative estimate of drug-likeness (QED) is 0.402. The first-order valence-corrected chi connectivity index (χ1v) is 4.98. The summed E-state index contributed by atoms with van der Waals surface area (Å²) in [6, 6.07) is 0. The van der Waals surface area contributed by atoms with E-state index in [0.717, 1.165) is 5.01 Å². The second kappa shape index (κ2) is 4.85. The number of hydrazine groups is 1. The van der Waals surface area contributed by atoms with Gasteiger partial charge in [0.1, 0.15) is 11.4 Å². The maximum atomic E-state index is 11.6. The van der Waals surface area contributed by atoms with Gasteiger partial charge >= 0.3 is 6.09 Å². The third-order valence-electron chi connectivity index (χ3n) is 1.65. The van der Waals surface area contributed by atoms with Crippen LogP contribution in [0.4, 0.5) is 4.79 Å². The van der Waals surface area contributed by atoms with Gasteiger partial charge in [-0.1, -0.05) is 12.2 Å². The summed E-state index contributed by atoms with van der Waals surface area (Å²) in [5.74, 6) is 6.09. The molecule has 1 aliphatic heterocycles. The summed E-state index contributed by atoms with van der Waals surface area (Å²) in [5.41, 5.74) is -0.564. The second-order valence-corrected chi connectivity index (χ2v) is 4.29. The minimum atomic E-state index is -0.602. The predicted molar refractivity (Wildman–Crippen MR) is 61.8 cm³/mol. The van der Waals surface area contributed by atoms with Crippen molar-refractivity contribution < 1.29 is 9.53 Å². The second-order valence-electron chi connectivity index (χ2n) is 4.29. The van der Waals surface area contributed by atoms with Gasteiger partial charge < -0.3 is 10.1 Å². The molecule has 88 valence electrons. The highest BCUT2D eigenvalue weighted by atomic mass is 16.6. The number of hydrogen-bond acceptors (Lipinski definition) is 4. The third-order valence-corrected chi connectivity index (χ3v) is 1.65. The fourth-order valence-electron chi connectivity index (χ4n) is 1.01. The van der Waals surface area contributed by atoms with E-state index in [1.54, 1.807) is 45.2 Å². The van der Waals surface area contributed by atoms with Crippen LogP contribution in [0.25, 0.3) is 0 Å². The van der Waals surface area contributed by atoms with Crippen LogP contribution in [0.3, 0.4) is 0 Å². The number of nitrogens with one attached hydrogen (secondary N) is 1. The van der Waals surface area contributed by atoms with E-state index >= 15 is 0 Å². The molecule has 0 spiro atoms. The van der Waals surface area contributed by atoms with E-state index in [1.165, 1.54) is 0 Å². The first-order valence-electron chi connectivity index (χ1n) is 4.98. The summed E-state index contributed by atoms with van der Waals surface area (Å²) < 4.78 is 5.13. The van der Waals surface area contributed by atoms with Crippen molar-refractivity contribution in [2.75, 3.05) is 0 Å². The Morgan fingerprint density at radius 1 is 1.38 bits per heavy atom. The standard InChI is InChI=1S/C11H17N3O2/c1-11(2,3)16-10(15)14(12)9-7-5-4-6-8-13-9/h4-8,13H,12H2,1-3H3. The summed E-state index contributed by atoms with van der Waals surface area (Å²) in [7, 11) is 0. The number of hydrogen-bond donors (Lipinski definition) is 2. The molecule has 0 aliphatic carbocycles. The topological polar surface area (TPSA) is 67.6 Å². The smallest absolute Gasteiger partial charge is 0.430 e. The van der Waals surface area contributed by atoms with E-state index in [0.29, 0.717) is 5.82 Å². The number of carbonyl (C=O) groups is 1. The van der Waals surface area contributed by atoms with E-state index < -0.39 is 11.7 Å². The van der Waals surface area contributed by atoms with Crippen LogP contribution in [-0.4, -0.2) is 16.7 Å². The van der Waals surface area contributed by atoms with Crippen LogP contribution in [0.1, 0.15) is 20.8 Å². The van der Waals surface area contributed by atoms with Crippen LogP contribution < -0.4 is 11.2 Å². The van der Waals surface area contributed by atoms with E-state index in [1.807, 2.05) is 6.08 Å². The maximum absolute atomic E-state index is 11.6. The Morgan fingerprint density at radius 3 is 2.69 bits per heavy atom. The van der Waals surface area contributed by atoms with E-state index in [4.69, 9.17) is 10.6 Å². The molecule has 0 bridgehead atoms. The minimum Gasteiger partial charge on any atom is -0.442 e. The number of nitrogens with zero attached hydrogens (tertiary/aromatic N) is 1. The van der Waals surface area contributed by atoms with Gasteiger partial charge in [-0.3, -0.25) is 0 Å². The molecule has 0 saturated heterocycles. The largest absolute Gasteiger partial charge is 0.442 e. The summed E-state index contributed by atoms with van der Waals surface area (Å²) >= 11 is 0. The van der Waals surface area contributed by atoms with Crippen LogP contribution in [0, 0.1) is 0 Å². The van der Waals surface area contributed by atoms with Crippen molar-refractivity contribution in [2.24, 2.45) is 5.84 Å². The first kappa shape index (κ1) is 12.3. The summed E-state index contributed by atoms with van der Waals surface area (Å²) in [4.78, 5) is 11.6. The van der Waals surface area contributed by atoms with Crippen LogP contribution >= 0.6 is 0 Å². The minimum absolute atomic E-state index is 0.458. The molecule has 0 atom stereocenters. The molecule has 1 heterocycles. The van der Waals surface area contributed by atoms with Gasteiger partial charge in [0, 0.05) is 6.20 Å². The summed E-state index contributed by atoms with van der Waals surface area (Å²) in [5, 5.41) is 3.80. The van der Waals surface area contributed by atoms with E-state index in [9.17, 15) is 4.79 Å². The van der Waals surface area contributed by atoms with Gasteiger partial charge in [-0.25, -0.2) is 10.6 Å². The van der Waals surface area contributed by atoms with Crippen molar-refractivity contribution in [3.63, 3.8) is 0 Å². The van der Waals surface area contributed by atoms with E-state index in [2.05, 4.69) is 5.32 Å². The molecule has 16 heavy (non-hydrogen) atoms. The molecule has 0 radical (unpaired) electrons. The van der Waals surface area contributed by atoms with Crippen LogP contribution in [0.2, 0.25) is 0 Å². The van der Waals surface area contributed by atoms with Crippen molar-refractivity contribution in [2.45, 2.75) is 26.4 Å². The fourth-order valence-corrected chi connectivity index (χ4v) is 1.01. The lowest BCUT2D eigenvalue weighted by Crippen LogP contribution is -2.43. The van der Waals surface area contributed by atoms with Crippen molar-refractivity contribution in [1.82, 2.24) is 10.3 Å². The number of allylic oxidation sites excluding steroid dienone is 4. The van der Waals surface area contributed by atoms with E-state index in [-0.39, 0.29) is 0 Å². The monoisotopic (exact) mass is 223 g/mol. The van der Waals surface area contributed by atoms with Gasteiger partial charge in [0.2, 0.25) is 0 Å². The number of ether oxygens (including phenoxy) is 1. The average molecular weight is 223 g/mol. The number of rotatable bonds is 1. The number of amides is 1. The molecule has 1 aliphatic rings. The molecule has 0 aromatic rings. The van der Waals surface area contributed by atoms with Crippen LogP contribution in [-0.2, 0) is 4.74 Å². The number of nitrogens with two attached hydrogens (primary N) is 1. The Kier molecular flexibility index (Phi) is 3.73. The molecule has 3 N–H and O–H groups in total. The zero-order chi connectivity index (χ0) is 12.2. The molecular formula is C11H17N3O2. The van der Waals surface area contributed by atoms with Crippen molar-refractivity contribution in [3.05, 3.63) is 36.3 Å². The maximum Gasteiger partial charge on any atom is 0.430 e. The zero-order valence-electron chi connectivity index (χ0n) is 9.73. The molecule has 0 fully saturated rings. The molecule has 0 aromatic carbocycles. The molecule has 0 aromatic heterocycles. The summed E-state index contributed by atoms with van der Waals surface area (Å²) in [6.45, 7) is 5.36. The SMILES string of the molecule is CC(C)(C)OC(=O)N(N)C1=CC=CC=CN1. The Morgan fingerprint density at radius 2 is 2.06 bits per heavy atom. The normalized spacial score (nSPS) is 14.9. The van der Waals surface area contributed by atoms with Crippen LogP contribution in [0.5, 0.6) is 0 Å². The Bertz CT molecular complexity index is 351. The van der Waals surface area contributed by atoms with Gasteiger partial charge in [0.15, 0.2) is 0 Å². The highest BCUT2D eigenvalue weighted by molar-refractivity contribution is 5.69. The average Bonchev–Trinajstić information content (AvgIpc) is 2.41. The zero-order valence-corrected chi connectivity index (χ0v) is 9.73. The Hall–Kier alpha value is -1.75. The van der Waals surface area contributed by atoms with Gasteiger partial charge in [-0.05, 0) is 32.9 Å². The highest BCUT2D eigenvalue weighted by Crippen LogP contribution is 2.10. The predicted octanol–water partition coefficient (Wildman–Crippen LogP) is 1.61. The van der Waals surface area contributed by atoms with Crippen molar-refractivity contribution in [1.29, 1.82) is 0 Å². The van der Waals surface area contributed by atoms with Crippen molar-refractivity contribution in [3.8, 4) is 0 Å². The first-order chi connectivity index (χ1) is 7.40.